The van der Waals surface area contributed by atoms with Crippen LogP contribution in [0.2, 0.25) is 12.1 Å². The Morgan fingerprint density at radius 3 is 1.10 bits per heavy atom. The van der Waals surface area contributed by atoms with Gasteiger partial charge in [0.2, 0.25) is 0 Å². The van der Waals surface area contributed by atoms with Gasteiger partial charge in [0, 0.05) is 67.8 Å². The van der Waals surface area contributed by atoms with Crippen LogP contribution >= 0.6 is 0 Å². The number of rotatable bonds is 22. The van der Waals surface area contributed by atoms with Crippen molar-refractivity contribution in [3.63, 3.8) is 0 Å². The molecule has 0 aromatic carbocycles. The van der Waals surface area contributed by atoms with Crippen molar-refractivity contribution in [3.05, 3.63) is 25.3 Å². The zero-order valence-corrected chi connectivity index (χ0v) is 22.7. The van der Waals surface area contributed by atoms with Gasteiger partial charge in [-0.15, -0.1) is 13.2 Å². The van der Waals surface area contributed by atoms with Gasteiger partial charge in [-0.2, -0.15) is 0 Å². The average Bonchev–Trinajstić information content (AvgIpc) is 2.80. The van der Waals surface area contributed by atoms with E-state index in [1.807, 2.05) is 12.2 Å². The van der Waals surface area contributed by atoms with E-state index in [0.29, 0.717) is 0 Å². The molecule has 10 heteroatoms. The van der Waals surface area contributed by atoms with Crippen molar-refractivity contribution < 1.29 is 26.6 Å². The van der Waals surface area contributed by atoms with Crippen molar-refractivity contribution in [1.29, 1.82) is 0 Å². The number of hydrogen-bond acceptors (Lipinski definition) is 8. The normalized spacial score (nSPS) is 12.6. The molecule has 0 amide bonds. The molecule has 0 bridgehead atoms. The van der Waals surface area contributed by atoms with E-state index < -0.39 is 17.6 Å². The Hall–Kier alpha value is -0.406. The van der Waals surface area contributed by atoms with E-state index in [0.717, 1.165) is 70.6 Å². The van der Waals surface area contributed by atoms with Crippen molar-refractivity contribution in [3.8, 4) is 0 Å². The van der Waals surface area contributed by atoms with Crippen molar-refractivity contribution >= 4 is 17.6 Å². The lowest BCUT2D eigenvalue weighted by molar-refractivity contribution is 0.121. The van der Waals surface area contributed by atoms with E-state index in [1.54, 1.807) is 42.7 Å². The van der Waals surface area contributed by atoms with E-state index >= 15 is 0 Å². The molecule has 0 fully saturated rings. The van der Waals surface area contributed by atoms with Crippen molar-refractivity contribution in [2.75, 3.05) is 81.9 Å². The summed E-state index contributed by atoms with van der Waals surface area (Å²) in [6, 6.07) is 1.60. The summed E-state index contributed by atoms with van der Waals surface area (Å²) in [6.07, 6.45) is 6.91. The molecule has 0 rings (SSSR count). The summed E-state index contributed by atoms with van der Waals surface area (Å²) < 4.78 is 33.1. The summed E-state index contributed by atoms with van der Waals surface area (Å²) in [4.78, 5) is 4.83. The van der Waals surface area contributed by atoms with Crippen LogP contribution in [0.4, 0.5) is 0 Å². The van der Waals surface area contributed by atoms with E-state index in [-0.39, 0.29) is 0 Å². The summed E-state index contributed by atoms with van der Waals surface area (Å²) >= 11 is 0. The molecule has 0 aromatic heterocycles. The Balaban J connectivity index is 4.50. The lowest BCUT2D eigenvalue weighted by Crippen LogP contribution is -2.43. The molecule has 0 radical (unpaired) electrons. The van der Waals surface area contributed by atoms with Crippen molar-refractivity contribution in [2.24, 2.45) is 0 Å². The van der Waals surface area contributed by atoms with Gasteiger partial charge in [0.15, 0.2) is 0 Å². The standard InChI is InChI=1S/C21H46N2O6Si2/c1-9-14-22(18-12-20-30(24-3,25-4)26-5)16-11-17-23(15-10-2)19-13-21-31(27-6,28-7)29-8/h9-10H,1-2,11-21H2,3-8H3. The Labute approximate surface area is 192 Å². The van der Waals surface area contributed by atoms with Crippen molar-refractivity contribution in [2.45, 2.75) is 31.4 Å². The Kier molecular flexibility index (Phi) is 17.8. The maximum Gasteiger partial charge on any atom is 0.500 e. The summed E-state index contributed by atoms with van der Waals surface area (Å²) in [5.74, 6) is 0. The molecular weight excluding hydrogens is 432 g/mol. The van der Waals surface area contributed by atoms with E-state index in [4.69, 9.17) is 26.6 Å². The van der Waals surface area contributed by atoms with Gasteiger partial charge in [-0.3, -0.25) is 9.80 Å². The third-order valence-corrected chi connectivity index (χ3v) is 11.2. The van der Waals surface area contributed by atoms with E-state index in [2.05, 4.69) is 23.0 Å². The van der Waals surface area contributed by atoms with Gasteiger partial charge in [0.05, 0.1) is 0 Å². The fourth-order valence-corrected chi connectivity index (χ4v) is 7.03. The van der Waals surface area contributed by atoms with Crippen LogP contribution in [-0.4, -0.2) is 109 Å². The molecule has 0 aliphatic carbocycles. The molecule has 0 saturated carbocycles. The predicted molar refractivity (Wildman–Crippen MR) is 130 cm³/mol. The minimum Gasteiger partial charge on any atom is -0.377 e. The lowest BCUT2D eigenvalue weighted by atomic mass is 10.3. The molecule has 0 spiro atoms. The van der Waals surface area contributed by atoms with Crippen LogP contribution < -0.4 is 0 Å². The first kappa shape index (κ1) is 30.6. The van der Waals surface area contributed by atoms with Crippen LogP contribution in [0.5, 0.6) is 0 Å². The van der Waals surface area contributed by atoms with Gasteiger partial charge in [0.25, 0.3) is 0 Å². The molecule has 0 atom stereocenters. The second-order valence-corrected chi connectivity index (χ2v) is 13.5. The molecule has 31 heavy (non-hydrogen) atoms. The number of hydrogen-bond donors (Lipinski definition) is 0. The van der Waals surface area contributed by atoms with Crippen LogP contribution in [0.15, 0.2) is 25.3 Å². The Bertz CT molecular complexity index is 409. The molecule has 8 nitrogen and oxygen atoms in total. The largest absolute Gasteiger partial charge is 0.500 e. The molecule has 0 unspecified atom stereocenters. The summed E-state index contributed by atoms with van der Waals surface area (Å²) in [7, 11) is 4.95. The summed E-state index contributed by atoms with van der Waals surface area (Å²) in [6.45, 7) is 13.5. The van der Waals surface area contributed by atoms with Crippen LogP contribution in [0.3, 0.4) is 0 Å². The van der Waals surface area contributed by atoms with Crippen LogP contribution in [-0.2, 0) is 26.6 Å². The minimum absolute atomic E-state index is 0.802. The quantitative estimate of drug-likeness (QED) is 0.174. The van der Waals surface area contributed by atoms with Crippen LogP contribution in [0.1, 0.15) is 19.3 Å². The molecular formula is C21H46N2O6Si2. The van der Waals surface area contributed by atoms with Crippen LogP contribution in [0.25, 0.3) is 0 Å². The third kappa shape index (κ3) is 11.9. The predicted octanol–water partition coefficient (Wildman–Crippen LogP) is 2.89. The smallest absolute Gasteiger partial charge is 0.377 e. The van der Waals surface area contributed by atoms with Gasteiger partial charge < -0.3 is 26.6 Å². The van der Waals surface area contributed by atoms with Gasteiger partial charge in [-0.25, -0.2) is 0 Å². The number of nitrogens with zero attached hydrogens (tertiary/aromatic N) is 2. The van der Waals surface area contributed by atoms with Gasteiger partial charge in [-0.1, -0.05) is 12.2 Å². The fourth-order valence-electron chi connectivity index (χ4n) is 3.62. The second kappa shape index (κ2) is 18.1. The third-order valence-electron chi connectivity index (χ3n) is 5.50. The molecule has 0 aliphatic rings. The molecule has 0 saturated heterocycles. The monoisotopic (exact) mass is 478 g/mol. The maximum atomic E-state index is 5.52. The first-order valence-electron chi connectivity index (χ1n) is 10.9. The highest BCUT2D eigenvalue weighted by molar-refractivity contribution is 6.60. The highest BCUT2D eigenvalue weighted by Crippen LogP contribution is 2.17. The zero-order valence-electron chi connectivity index (χ0n) is 20.7. The molecule has 0 heterocycles. The zero-order chi connectivity index (χ0) is 23.6. The highest BCUT2D eigenvalue weighted by atomic mass is 28.4. The molecule has 0 N–H and O–H groups in total. The first-order chi connectivity index (χ1) is 14.9. The van der Waals surface area contributed by atoms with E-state index in [1.165, 1.54) is 0 Å². The van der Waals surface area contributed by atoms with Gasteiger partial charge >= 0.3 is 17.6 Å². The Morgan fingerprint density at radius 1 is 0.548 bits per heavy atom. The van der Waals surface area contributed by atoms with Gasteiger partial charge in [-0.05, 0) is 45.4 Å². The lowest BCUT2D eigenvalue weighted by Gasteiger charge is -2.28. The molecule has 0 aliphatic heterocycles. The van der Waals surface area contributed by atoms with Gasteiger partial charge in [0.1, 0.15) is 0 Å². The first-order valence-corrected chi connectivity index (χ1v) is 14.8. The molecule has 184 valence electrons. The second-order valence-electron chi connectivity index (χ2n) is 7.33. The molecule has 0 aromatic rings. The Morgan fingerprint density at radius 2 is 0.839 bits per heavy atom. The van der Waals surface area contributed by atoms with E-state index in [9.17, 15) is 0 Å². The van der Waals surface area contributed by atoms with Crippen LogP contribution in [0, 0.1) is 0 Å². The fraction of sp³-hybridized carbons (Fsp3) is 0.810. The highest BCUT2D eigenvalue weighted by Gasteiger charge is 2.37. The summed E-state index contributed by atoms with van der Waals surface area (Å²) in [5, 5.41) is 0. The average molecular weight is 479 g/mol. The maximum absolute atomic E-state index is 5.52. The summed E-state index contributed by atoms with van der Waals surface area (Å²) in [5.41, 5.74) is 0. The van der Waals surface area contributed by atoms with Crippen molar-refractivity contribution in [1.82, 2.24) is 9.80 Å². The minimum atomic E-state index is -2.51. The SMILES string of the molecule is C=CCN(CCCN(CC=C)CCC[Si](OC)(OC)OC)CCC[Si](OC)(OC)OC. The topological polar surface area (TPSA) is 61.9 Å².